The summed E-state index contributed by atoms with van der Waals surface area (Å²) in [6, 6.07) is 1.94. The van der Waals surface area contributed by atoms with Gasteiger partial charge in [-0.3, -0.25) is 4.79 Å². The SMILES string of the molecule is CC1(CC(=O)c2sccc2Br)CC1. The second-order valence-electron chi connectivity index (χ2n) is 4.01. The topological polar surface area (TPSA) is 17.1 Å². The second kappa shape index (κ2) is 3.21. The third-order valence-electron chi connectivity index (χ3n) is 2.56. The van der Waals surface area contributed by atoms with Gasteiger partial charge >= 0.3 is 0 Å². The Labute approximate surface area is 90.3 Å². The molecule has 0 atom stereocenters. The molecule has 0 saturated heterocycles. The molecule has 0 bridgehead atoms. The van der Waals surface area contributed by atoms with Crippen LogP contribution in [-0.2, 0) is 0 Å². The van der Waals surface area contributed by atoms with Gasteiger partial charge in [0.15, 0.2) is 5.78 Å². The summed E-state index contributed by atoms with van der Waals surface area (Å²) in [7, 11) is 0. The smallest absolute Gasteiger partial charge is 0.174 e. The van der Waals surface area contributed by atoms with Crippen molar-refractivity contribution in [1.82, 2.24) is 0 Å². The third-order valence-corrected chi connectivity index (χ3v) is 4.44. The van der Waals surface area contributed by atoms with E-state index in [9.17, 15) is 4.79 Å². The van der Waals surface area contributed by atoms with Crippen LogP contribution in [0.5, 0.6) is 0 Å². The lowest BCUT2D eigenvalue weighted by molar-refractivity contribution is 0.0963. The summed E-state index contributed by atoms with van der Waals surface area (Å²) >= 11 is 4.91. The lowest BCUT2D eigenvalue weighted by Gasteiger charge is -2.05. The zero-order valence-corrected chi connectivity index (χ0v) is 9.87. The van der Waals surface area contributed by atoms with Crippen LogP contribution in [0.25, 0.3) is 0 Å². The number of carbonyl (C=O) groups is 1. The van der Waals surface area contributed by atoms with Crippen LogP contribution in [0.4, 0.5) is 0 Å². The molecule has 0 N–H and O–H groups in total. The average Bonchev–Trinajstić information content (AvgIpc) is 2.63. The fourth-order valence-corrected chi connectivity index (χ4v) is 2.88. The summed E-state index contributed by atoms with van der Waals surface area (Å²) in [5.41, 5.74) is 0.320. The molecule has 1 saturated carbocycles. The molecule has 0 amide bonds. The molecule has 1 aromatic rings. The lowest BCUT2D eigenvalue weighted by atomic mass is 10.0. The molecule has 0 radical (unpaired) electrons. The zero-order valence-electron chi connectivity index (χ0n) is 7.47. The van der Waals surface area contributed by atoms with Gasteiger partial charge in [-0.25, -0.2) is 0 Å². The minimum absolute atomic E-state index is 0.293. The largest absolute Gasteiger partial charge is 0.293 e. The van der Waals surface area contributed by atoms with Crippen LogP contribution in [0.3, 0.4) is 0 Å². The maximum absolute atomic E-state index is 11.8. The van der Waals surface area contributed by atoms with Crippen LogP contribution in [0, 0.1) is 5.41 Å². The van der Waals surface area contributed by atoms with E-state index in [-0.39, 0.29) is 0 Å². The minimum atomic E-state index is 0.293. The number of hydrogen-bond acceptors (Lipinski definition) is 2. The minimum Gasteiger partial charge on any atom is -0.293 e. The van der Waals surface area contributed by atoms with Crippen LogP contribution in [-0.4, -0.2) is 5.78 Å². The van der Waals surface area contributed by atoms with Crippen LogP contribution >= 0.6 is 27.3 Å². The number of Topliss-reactive ketones (excluding diaryl/α,β-unsaturated/α-hetero) is 1. The van der Waals surface area contributed by atoms with Gasteiger partial charge < -0.3 is 0 Å². The van der Waals surface area contributed by atoms with Crippen molar-refractivity contribution in [2.45, 2.75) is 26.2 Å². The van der Waals surface area contributed by atoms with E-state index in [0.29, 0.717) is 17.6 Å². The highest BCUT2D eigenvalue weighted by Gasteiger charge is 2.39. The standard InChI is InChI=1S/C10H11BrOS/c1-10(3-4-10)6-8(12)9-7(11)2-5-13-9/h2,5H,3-4,6H2,1H3. The van der Waals surface area contributed by atoms with E-state index < -0.39 is 0 Å². The van der Waals surface area contributed by atoms with E-state index in [1.165, 1.54) is 24.2 Å². The Morgan fingerprint density at radius 1 is 1.69 bits per heavy atom. The molecule has 70 valence electrons. The van der Waals surface area contributed by atoms with Gasteiger partial charge in [-0.15, -0.1) is 11.3 Å². The molecular weight excluding hydrogens is 248 g/mol. The Morgan fingerprint density at radius 3 is 2.85 bits per heavy atom. The molecule has 0 aliphatic heterocycles. The summed E-state index contributed by atoms with van der Waals surface area (Å²) in [5, 5.41) is 1.95. The fraction of sp³-hybridized carbons (Fsp3) is 0.500. The monoisotopic (exact) mass is 258 g/mol. The average molecular weight is 259 g/mol. The summed E-state index contributed by atoms with van der Waals surface area (Å²) < 4.78 is 0.951. The highest BCUT2D eigenvalue weighted by Crippen LogP contribution is 2.49. The van der Waals surface area contributed by atoms with Gasteiger partial charge in [0.1, 0.15) is 0 Å². The van der Waals surface area contributed by atoms with E-state index in [1.807, 2.05) is 11.4 Å². The molecular formula is C10H11BrOS. The number of ketones is 1. The zero-order chi connectivity index (χ0) is 9.47. The van der Waals surface area contributed by atoms with Crippen LogP contribution < -0.4 is 0 Å². The number of thiophene rings is 1. The maximum atomic E-state index is 11.8. The molecule has 1 heterocycles. The molecule has 1 aromatic heterocycles. The molecule has 0 aromatic carbocycles. The predicted molar refractivity (Wildman–Crippen MR) is 58.3 cm³/mol. The van der Waals surface area contributed by atoms with E-state index >= 15 is 0 Å². The molecule has 13 heavy (non-hydrogen) atoms. The number of carbonyl (C=O) groups excluding carboxylic acids is 1. The van der Waals surface area contributed by atoms with Crippen LogP contribution in [0.2, 0.25) is 0 Å². The van der Waals surface area contributed by atoms with Crippen molar-refractivity contribution in [1.29, 1.82) is 0 Å². The highest BCUT2D eigenvalue weighted by molar-refractivity contribution is 9.10. The quantitative estimate of drug-likeness (QED) is 0.753. The van der Waals surface area contributed by atoms with E-state index in [0.717, 1.165) is 9.35 Å². The third kappa shape index (κ3) is 2.02. The highest BCUT2D eigenvalue weighted by atomic mass is 79.9. The van der Waals surface area contributed by atoms with E-state index in [2.05, 4.69) is 22.9 Å². The fourth-order valence-electron chi connectivity index (χ4n) is 1.35. The Balaban J connectivity index is 2.09. The molecule has 2 rings (SSSR count). The number of hydrogen-bond donors (Lipinski definition) is 0. The van der Waals surface area contributed by atoms with Crippen LogP contribution in [0.15, 0.2) is 15.9 Å². The summed E-state index contributed by atoms with van der Waals surface area (Å²) in [5.74, 6) is 0.293. The number of halogens is 1. The van der Waals surface area contributed by atoms with Crippen molar-refractivity contribution >= 4 is 33.0 Å². The van der Waals surface area contributed by atoms with Gasteiger partial charge in [0, 0.05) is 10.9 Å². The van der Waals surface area contributed by atoms with Gasteiger partial charge in [-0.05, 0) is 45.6 Å². The lowest BCUT2D eigenvalue weighted by Crippen LogP contribution is -2.04. The van der Waals surface area contributed by atoms with Crippen LogP contribution in [0.1, 0.15) is 35.9 Å². The Morgan fingerprint density at radius 2 is 2.38 bits per heavy atom. The molecule has 1 aliphatic rings. The first-order chi connectivity index (χ1) is 6.11. The Bertz CT molecular complexity index is 338. The van der Waals surface area contributed by atoms with Crippen molar-refractivity contribution in [3.05, 3.63) is 20.8 Å². The first-order valence-electron chi connectivity index (χ1n) is 4.37. The summed E-state index contributed by atoms with van der Waals surface area (Å²) in [6.45, 7) is 2.19. The summed E-state index contributed by atoms with van der Waals surface area (Å²) in [6.07, 6.45) is 3.13. The second-order valence-corrected chi connectivity index (χ2v) is 5.78. The molecule has 1 fully saturated rings. The van der Waals surface area contributed by atoms with E-state index in [4.69, 9.17) is 0 Å². The van der Waals surface area contributed by atoms with Gasteiger partial charge in [0.25, 0.3) is 0 Å². The summed E-state index contributed by atoms with van der Waals surface area (Å²) in [4.78, 5) is 12.6. The maximum Gasteiger partial charge on any atom is 0.174 e. The van der Waals surface area contributed by atoms with Gasteiger partial charge in [0.05, 0.1) is 4.88 Å². The normalized spacial score (nSPS) is 18.6. The molecule has 3 heteroatoms. The Kier molecular flexibility index (Phi) is 2.32. The molecule has 0 unspecified atom stereocenters. The predicted octanol–water partition coefficient (Wildman–Crippen LogP) is 3.88. The van der Waals surface area contributed by atoms with E-state index in [1.54, 1.807) is 0 Å². The van der Waals surface area contributed by atoms with Crippen molar-refractivity contribution in [2.75, 3.05) is 0 Å². The van der Waals surface area contributed by atoms with Gasteiger partial charge in [-0.1, -0.05) is 6.92 Å². The van der Waals surface area contributed by atoms with Crippen molar-refractivity contribution in [3.63, 3.8) is 0 Å². The molecule has 1 nitrogen and oxygen atoms in total. The first-order valence-corrected chi connectivity index (χ1v) is 6.04. The van der Waals surface area contributed by atoms with Gasteiger partial charge in [0.2, 0.25) is 0 Å². The molecule has 1 aliphatic carbocycles. The molecule has 0 spiro atoms. The van der Waals surface area contributed by atoms with Crippen molar-refractivity contribution in [3.8, 4) is 0 Å². The van der Waals surface area contributed by atoms with Gasteiger partial charge in [-0.2, -0.15) is 0 Å². The first kappa shape index (κ1) is 9.41. The number of rotatable bonds is 3. The Hall–Kier alpha value is -0.150. The van der Waals surface area contributed by atoms with Crippen molar-refractivity contribution in [2.24, 2.45) is 5.41 Å². The van der Waals surface area contributed by atoms with Crippen molar-refractivity contribution < 1.29 is 4.79 Å².